The molecular formula is C33H44BrN3O4S. The first kappa shape index (κ1) is 31.0. The highest BCUT2D eigenvalue weighted by atomic mass is 79.9. The molecule has 0 spiro atoms. The highest BCUT2D eigenvalue weighted by molar-refractivity contribution is 9.10. The number of halogens is 1. The van der Waals surface area contributed by atoms with Crippen LogP contribution in [0.2, 0.25) is 0 Å². The van der Waals surface area contributed by atoms with E-state index in [0.29, 0.717) is 12.2 Å². The number of carbonyl (C=O) groups is 2. The minimum absolute atomic E-state index is 0.178. The van der Waals surface area contributed by atoms with E-state index in [2.05, 4.69) is 33.4 Å². The van der Waals surface area contributed by atoms with Crippen LogP contribution in [0.15, 0.2) is 53.0 Å². The molecule has 42 heavy (non-hydrogen) atoms. The second kappa shape index (κ2) is 12.3. The third-order valence-corrected chi connectivity index (χ3v) is 11.2. The molecule has 9 heteroatoms. The van der Waals surface area contributed by atoms with Gasteiger partial charge < -0.3 is 10.2 Å². The molecule has 2 amide bonds. The van der Waals surface area contributed by atoms with Crippen LogP contribution in [0, 0.1) is 23.7 Å². The van der Waals surface area contributed by atoms with Crippen LogP contribution in [0.3, 0.4) is 0 Å². The Kier molecular flexibility index (Phi) is 9.10. The number of benzene rings is 2. The molecular weight excluding hydrogens is 614 g/mol. The summed E-state index contributed by atoms with van der Waals surface area (Å²) in [7, 11) is -3.77. The molecule has 0 heterocycles. The molecule has 4 fully saturated rings. The molecule has 0 aliphatic heterocycles. The number of hydrogen-bond donors (Lipinski definition) is 1. The van der Waals surface area contributed by atoms with Crippen LogP contribution in [-0.4, -0.2) is 50.5 Å². The van der Waals surface area contributed by atoms with Crippen LogP contribution in [-0.2, 0) is 31.6 Å². The van der Waals surface area contributed by atoms with E-state index in [1.54, 1.807) is 6.92 Å². The smallest absolute Gasteiger partial charge is 0.244 e. The Morgan fingerprint density at radius 1 is 0.976 bits per heavy atom. The molecule has 228 valence electrons. The Morgan fingerprint density at radius 2 is 1.57 bits per heavy atom. The minimum atomic E-state index is -3.77. The average molecular weight is 659 g/mol. The molecule has 2 aromatic rings. The SMILES string of the molecule is CC(C)CNC(=O)C(C)N(Cc1cccc(Br)c1)C(=O)CN(c1ccc(C23CC4CC(CC(C4)C2)C3)cc1)S(C)(=O)=O. The van der Waals surface area contributed by atoms with E-state index >= 15 is 0 Å². The fourth-order valence-corrected chi connectivity index (χ4v) is 9.22. The van der Waals surface area contributed by atoms with Gasteiger partial charge in [0.25, 0.3) is 0 Å². The Labute approximate surface area is 259 Å². The van der Waals surface area contributed by atoms with Gasteiger partial charge in [-0.05, 0) is 110 Å². The molecule has 0 saturated heterocycles. The quantitative estimate of drug-likeness (QED) is 0.327. The molecule has 1 atom stereocenters. The number of anilines is 1. The molecule has 4 aliphatic rings. The van der Waals surface area contributed by atoms with Gasteiger partial charge in [0.1, 0.15) is 12.6 Å². The van der Waals surface area contributed by atoms with Crippen molar-refractivity contribution in [2.45, 2.75) is 77.3 Å². The monoisotopic (exact) mass is 657 g/mol. The highest BCUT2D eigenvalue weighted by Gasteiger charge is 2.51. The van der Waals surface area contributed by atoms with Crippen molar-refractivity contribution in [3.05, 3.63) is 64.1 Å². The van der Waals surface area contributed by atoms with Gasteiger partial charge >= 0.3 is 0 Å². The fourth-order valence-electron chi connectivity index (χ4n) is 7.93. The first-order chi connectivity index (χ1) is 19.8. The number of nitrogens with one attached hydrogen (secondary N) is 1. The maximum absolute atomic E-state index is 13.9. The van der Waals surface area contributed by atoms with E-state index in [1.807, 2.05) is 50.2 Å². The third kappa shape index (κ3) is 6.88. The molecule has 4 aliphatic carbocycles. The number of rotatable bonds is 11. The van der Waals surface area contributed by atoms with Gasteiger partial charge in [-0.2, -0.15) is 0 Å². The Balaban J connectivity index is 1.38. The van der Waals surface area contributed by atoms with Gasteiger partial charge in [-0.3, -0.25) is 13.9 Å². The third-order valence-electron chi connectivity index (χ3n) is 9.58. The molecule has 1 N–H and O–H groups in total. The lowest BCUT2D eigenvalue weighted by Gasteiger charge is -2.57. The minimum Gasteiger partial charge on any atom is -0.354 e. The summed E-state index contributed by atoms with van der Waals surface area (Å²) in [5, 5.41) is 2.92. The second-order valence-electron chi connectivity index (χ2n) is 13.5. The van der Waals surface area contributed by atoms with Crippen molar-refractivity contribution in [2.75, 3.05) is 23.7 Å². The van der Waals surface area contributed by atoms with E-state index < -0.39 is 22.0 Å². The Morgan fingerprint density at radius 3 is 2.10 bits per heavy atom. The summed E-state index contributed by atoms with van der Waals surface area (Å²) in [6.07, 6.45) is 8.92. The van der Waals surface area contributed by atoms with Gasteiger partial charge in [0.05, 0.1) is 11.9 Å². The van der Waals surface area contributed by atoms with Crippen LogP contribution in [0.25, 0.3) is 0 Å². The van der Waals surface area contributed by atoms with Crippen molar-refractivity contribution in [2.24, 2.45) is 23.7 Å². The first-order valence-electron chi connectivity index (χ1n) is 15.2. The lowest BCUT2D eigenvalue weighted by atomic mass is 9.48. The topological polar surface area (TPSA) is 86.8 Å². The first-order valence-corrected chi connectivity index (χ1v) is 17.9. The van der Waals surface area contributed by atoms with Gasteiger partial charge in [-0.25, -0.2) is 8.42 Å². The van der Waals surface area contributed by atoms with Crippen LogP contribution in [0.1, 0.15) is 70.4 Å². The van der Waals surface area contributed by atoms with E-state index in [9.17, 15) is 18.0 Å². The van der Waals surface area contributed by atoms with Crippen LogP contribution < -0.4 is 9.62 Å². The maximum atomic E-state index is 13.9. The number of sulfonamides is 1. The average Bonchev–Trinajstić information content (AvgIpc) is 2.91. The van der Waals surface area contributed by atoms with Crippen LogP contribution >= 0.6 is 15.9 Å². The summed E-state index contributed by atoms with van der Waals surface area (Å²) in [5.41, 5.74) is 2.82. The lowest BCUT2D eigenvalue weighted by Crippen LogP contribution is -2.51. The van der Waals surface area contributed by atoms with Gasteiger partial charge in [0, 0.05) is 17.6 Å². The molecule has 7 nitrogen and oxygen atoms in total. The summed E-state index contributed by atoms with van der Waals surface area (Å²) >= 11 is 3.48. The van der Waals surface area contributed by atoms with E-state index in [1.165, 1.54) is 53.3 Å². The molecule has 2 aromatic carbocycles. The molecule has 0 aromatic heterocycles. The summed E-state index contributed by atoms with van der Waals surface area (Å²) in [6, 6.07) is 14.7. The van der Waals surface area contributed by atoms with Gasteiger partial charge in [0.2, 0.25) is 21.8 Å². The molecule has 1 unspecified atom stereocenters. The number of nitrogens with zero attached hydrogens (tertiary/aromatic N) is 2. The summed E-state index contributed by atoms with van der Waals surface area (Å²) in [4.78, 5) is 28.4. The zero-order valence-corrected chi connectivity index (χ0v) is 27.6. The van der Waals surface area contributed by atoms with Crippen LogP contribution in [0.5, 0.6) is 0 Å². The predicted molar refractivity (Wildman–Crippen MR) is 170 cm³/mol. The molecule has 4 bridgehead atoms. The predicted octanol–water partition coefficient (Wildman–Crippen LogP) is 5.87. The summed E-state index contributed by atoms with van der Waals surface area (Å²) in [5.74, 6) is 2.01. The van der Waals surface area contributed by atoms with Gasteiger partial charge in [0.15, 0.2) is 0 Å². The normalized spacial score (nSPS) is 25.3. The van der Waals surface area contributed by atoms with Crippen LogP contribution in [0.4, 0.5) is 5.69 Å². The van der Waals surface area contributed by atoms with Gasteiger partial charge in [-0.15, -0.1) is 0 Å². The van der Waals surface area contributed by atoms with Crippen molar-refractivity contribution >= 4 is 43.5 Å². The zero-order chi connectivity index (χ0) is 30.2. The molecule has 0 radical (unpaired) electrons. The number of hydrogen-bond acceptors (Lipinski definition) is 4. The van der Waals surface area contributed by atoms with Crippen molar-refractivity contribution in [3.8, 4) is 0 Å². The van der Waals surface area contributed by atoms with E-state index in [4.69, 9.17) is 0 Å². The van der Waals surface area contributed by atoms with E-state index in [-0.39, 0.29) is 30.3 Å². The summed E-state index contributed by atoms with van der Waals surface area (Å²) < 4.78 is 28.1. The highest BCUT2D eigenvalue weighted by Crippen LogP contribution is 2.60. The maximum Gasteiger partial charge on any atom is 0.244 e. The second-order valence-corrected chi connectivity index (χ2v) is 16.3. The zero-order valence-electron chi connectivity index (χ0n) is 25.2. The largest absolute Gasteiger partial charge is 0.354 e. The van der Waals surface area contributed by atoms with Crippen molar-refractivity contribution in [3.63, 3.8) is 0 Å². The molecule has 4 saturated carbocycles. The fraction of sp³-hybridized carbons (Fsp3) is 0.576. The molecule has 6 rings (SSSR count). The lowest BCUT2D eigenvalue weighted by molar-refractivity contribution is -0.139. The van der Waals surface area contributed by atoms with Crippen molar-refractivity contribution in [1.29, 1.82) is 0 Å². The Hall–Kier alpha value is -2.39. The summed E-state index contributed by atoms with van der Waals surface area (Å²) in [6.45, 7) is 5.99. The van der Waals surface area contributed by atoms with E-state index in [0.717, 1.165) is 34.0 Å². The van der Waals surface area contributed by atoms with Crippen molar-refractivity contribution < 1.29 is 18.0 Å². The number of carbonyl (C=O) groups excluding carboxylic acids is 2. The van der Waals surface area contributed by atoms with Gasteiger partial charge in [-0.1, -0.05) is 54.0 Å². The van der Waals surface area contributed by atoms with Crippen molar-refractivity contribution in [1.82, 2.24) is 10.2 Å². The Bertz CT molecular complexity index is 1370. The number of amides is 2. The standard InChI is InChI=1S/C33H44BrN3O4S/c1-22(2)19-35-32(39)23(3)36(20-24-6-5-7-29(34)15-24)31(38)21-37(42(4,40)41)30-10-8-28(9-11-30)33-16-25-12-26(17-33)14-27(13-25)18-33/h5-11,15,22-23,25-27H,12-14,16-21H2,1-4H3,(H,35,39).